The Balaban J connectivity index is 0.000000791. The third-order valence-electron chi connectivity index (χ3n) is 2.44. The van der Waals surface area contributed by atoms with E-state index in [2.05, 4.69) is 31.1 Å². The lowest BCUT2D eigenvalue weighted by Gasteiger charge is -2.23. The molecule has 1 aliphatic rings. The molecular weight excluding hydrogens is 172 g/mol. The number of hydrogen-bond acceptors (Lipinski definition) is 2. The largest absolute Gasteiger partial charge is 0.311 e. The Morgan fingerprint density at radius 2 is 1.86 bits per heavy atom. The van der Waals surface area contributed by atoms with E-state index in [-0.39, 0.29) is 0 Å². The molecule has 0 saturated carbocycles. The number of rotatable bonds is 2. The van der Waals surface area contributed by atoms with Gasteiger partial charge in [0.2, 0.25) is 0 Å². The predicted molar refractivity (Wildman–Crippen MR) is 64.8 cm³/mol. The molecule has 1 saturated heterocycles. The molecule has 1 heterocycles. The minimum Gasteiger partial charge on any atom is -0.311 e. The fourth-order valence-corrected chi connectivity index (χ4v) is 1.94. The van der Waals surface area contributed by atoms with Crippen LogP contribution in [0.4, 0.5) is 0 Å². The number of likely N-dealkylation sites (N-methyl/N-ethyl adjacent to an activating group) is 1. The Bertz CT molecular complexity index is 123. The van der Waals surface area contributed by atoms with E-state index in [1.165, 1.54) is 32.4 Å². The molecule has 14 heavy (non-hydrogen) atoms. The normalized spacial score (nSPS) is 24.0. The number of likely N-dealkylation sites (tertiary alicyclic amines) is 1. The quantitative estimate of drug-likeness (QED) is 0.737. The fraction of sp³-hybridized carbons (Fsp3) is 1.00. The summed E-state index contributed by atoms with van der Waals surface area (Å²) >= 11 is 0. The van der Waals surface area contributed by atoms with Crippen LogP contribution in [-0.2, 0) is 0 Å². The van der Waals surface area contributed by atoms with Crippen LogP contribution in [-0.4, -0.2) is 37.1 Å². The van der Waals surface area contributed by atoms with Gasteiger partial charge < -0.3 is 10.2 Å². The van der Waals surface area contributed by atoms with Crippen molar-refractivity contribution in [1.29, 1.82) is 0 Å². The lowest BCUT2D eigenvalue weighted by molar-refractivity contribution is 0.301. The topological polar surface area (TPSA) is 15.3 Å². The van der Waals surface area contributed by atoms with Gasteiger partial charge in [0.15, 0.2) is 0 Å². The van der Waals surface area contributed by atoms with Gasteiger partial charge in [-0.2, -0.15) is 0 Å². The maximum Gasteiger partial charge on any atom is 0.0197 e. The average Bonchev–Trinajstić information content (AvgIpc) is 2.32. The monoisotopic (exact) mass is 200 g/mol. The van der Waals surface area contributed by atoms with Crippen molar-refractivity contribution in [3.8, 4) is 0 Å². The first-order valence-corrected chi connectivity index (χ1v) is 6.13. The highest BCUT2D eigenvalue weighted by molar-refractivity contribution is 4.75. The van der Waals surface area contributed by atoms with E-state index in [9.17, 15) is 0 Å². The van der Waals surface area contributed by atoms with Gasteiger partial charge in [0.1, 0.15) is 0 Å². The second-order valence-electron chi connectivity index (χ2n) is 4.28. The van der Waals surface area contributed by atoms with Gasteiger partial charge in [-0.15, -0.1) is 0 Å². The Morgan fingerprint density at radius 1 is 1.21 bits per heavy atom. The molecule has 1 atom stereocenters. The summed E-state index contributed by atoms with van der Waals surface area (Å²) in [4.78, 5) is 2.44. The molecule has 0 radical (unpaired) electrons. The minimum absolute atomic E-state index is 0.626. The SMILES string of the molecule is CC.CC(C)NC1CCCCN(C)C1. The van der Waals surface area contributed by atoms with Crippen molar-refractivity contribution in [2.45, 2.75) is 59.0 Å². The van der Waals surface area contributed by atoms with E-state index in [1.54, 1.807) is 0 Å². The van der Waals surface area contributed by atoms with E-state index in [0.29, 0.717) is 6.04 Å². The van der Waals surface area contributed by atoms with Crippen molar-refractivity contribution >= 4 is 0 Å². The van der Waals surface area contributed by atoms with E-state index < -0.39 is 0 Å². The molecule has 86 valence electrons. The zero-order valence-corrected chi connectivity index (χ0v) is 10.6. The van der Waals surface area contributed by atoms with Crippen molar-refractivity contribution in [1.82, 2.24) is 10.2 Å². The van der Waals surface area contributed by atoms with Gasteiger partial charge in [0.05, 0.1) is 0 Å². The van der Waals surface area contributed by atoms with Gasteiger partial charge in [-0.1, -0.05) is 34.1 Å². The highest BCUT2D eigenvalue weighted by atomic mass is 15.1. The zero-order chi connectivity index (χ0) is 11.0. The standard InChI is InChI=1S/C10H22N2.C2H6/c1-9(2)11-10-6-4-5-7-12(3)8-10;1-2/h9-11H,4-8H2,1-3H3;1-2H3. The van der Waals surface area contributed by atoms with Gasteiger partial charge in [-0.25, -0.2) is 0 Å². The molecule has 0 aliphatic carbocycles. The highest BCUT2D eigenvalue weighted by Crippen LogP contribution is 2.09. The molecule has 0 amide bonds. The second kappa shape index (κ2) is 8.25. The number of nitrogens with zero attached hydrogens (tertiary/aromatic N) is 1. The van der Waals surface area contributed by atoms with E-state index in [1.807, 2.05) is 13.8 Å². The molecule has 1 unspecified atom stereocenters. The molecule has 2 nitrogen and oxygen atoms in total. The molecule has 1 N–H and O–H groups in total. The maximum atomic E-state index is 3.61. The Kier molecular flexibility index (Phi) is 8.20. The lowest BCUT2D eigenvalue weighted by atomic mass is 10.1. The average molecular weight is 200 g/mol. The molecule has 2 heteroatoms. The minimum atomic E-state index is 0.626. The third kappa shape index (κ3) is 6.39. The van der Waals surface area contributed by atoms with Crippen molar-refractivity contribution in [2.24, 2.45) is 0 Å². The molecule has 0 spiro atoms. The summed E-state index contributed by atoms with van der Waals surface area (Å²) in [5, 5.41) is 3.61. The summed E-state index contributed by atoms with van der Waals surface area (Å²) in [7, 11) is 2.22. The Labute approximate surface area is 90.1 Å². The van der Waals surface area contributed by atoms with Crippen LogP contribution < -0.4 is 5.32 Å². The molecule has 1 fully saturated rings. The first kappa shape index (κ1) is 13.9. The molecule has 1 aliphatic heterocycles. The third-order valence-corrected chi connectivity index (χ3v) is 2.44. The van der Waals surface area contributed by atoms with Crippen LogP contribution in [0.1, 0.15) is 47.0 Å². The van der Waals surface area contributed by atoms with Crippen LogP contribution in [0.2, 0.25) is 0 Å². The van der Waals surface area contributed by atoms with Gasteiger partial charge in [-0.3, -0.25) is 0 Å². The summed E-state index contributed by atoms with van der Waals surface area (Å²) in [6.07, 6.45) is 4.10. The molecule has 1 rings (SSSR count). The fourth-order valence-electron chi connectivity index (χ4n) is 1.94. The first-order chi connectivity index (χ1) is 6.68. The highest BCUT2D eigenvalue weighted by Gasteiger charge is 2.15. The van der Waals surface area contributed by atoms with Crippen molar-refractivity contribution < 1.29 is 0 Å². The maximum absolute atomic E-state index is 3.61. The smallest absolute Gasteiger partial charge is 0.0197 e. The van der Waals surface area contributed by atoms with Crippen LogP contribution in [0.25, 0.3) is 0 Å². The molecular formula is C12H28N2. The van der Waals surface area contributed by atoms with Gasteiger partial charge in [-0.05, 0) is 26.4 Å². The summed E-state index contributed by atoms with van der Waals surface area (Å²) < 4.78 is 0. The van der Waals surface area contributed by atoms with Crippen molar-refractivity contribution in [3.63, 3.8) is 0 Å². The van der Waals surface area contributed by atoms with Crippen LogP contribution in [0, 0.1) is 0 Å². The van der Waals surface area contributed by atoms with E-state index in [4.69, 9.17) is 0 Å². The zero-order valence-electron chi connectivity index (χ0n) is 10.6. The van der Waals surface area contributed by atoms with Crippen LogP contribution >= 0.6 is 0 Å². The molecule has 0 aromatic heterocycles. The number of hydrogen-bond donors (Lipinski definition) is 1. The predicted octanol–water partition coefficient (Wildman–Crippen LogP) is 2.49. The lowest BCUT2D eigenvalue weighted by Crippen LogP contribution is -2.41. The van der Waals surface area contributed by atoms with Gasteiger partial charge in [0, 0.05) is 18.6 Å². The van der Waals surface area contributed by atoms with E-state index in [0.717, 1.165) is 6.04 Å². The first-order valence-electron chi connectivity index (χ1n) is 6.13. The summed E-state index contributed by atoms with van der Waals surface area (Å²) in [6.45, 7) is 10.9. The second-order valence-corrected chi connectivity index (χ2v) is 4.28. The molecule has 0 aromatic carbocycles. The Morgan fingerprint density at radius 3 is 2.43 bits per heavy atom. The van der Waals surface area contributed by atoms with Crippen LogP contribution in [0.15, 0.2) is 0 Å². The van der Waals surface area contributed by atoms with Crippen molar-refractivity contribution in [3.05, 3.63) is 0 Å². The summed E-state index contributed by atoms with van der Waals surface area (Å²) in [6, 6.07) is 1.35. The molecule has 0 bridgehead atoms. The van der Waals surface area contributed by atoms with E-state index >= 15 is 0 Å². The van der Waals surface area contributed by atoms with Crippen LogP contribution in [0.5, 0.6) is 0 Å². The summed E-state index contributed by atoms with van der Waals surface area (Å²) in [5.41, 5.74) is 0. The van der Waals surface area contributed by atoms with Crippen LogP contribution in [0.3, 0.4) is 0 Å². The van der Waals surface area contributed by atoms with Gasteiger partial charge >= 0.3 is 0 Å². The Hall–Kier alpha value is -0.0800. The molecule has 0 aromatic rings. The summed E-state index contributed by atoms with van der Waals surface area (Å²) in [5.74, 6) is 0. The number of nitrogens with one attached hydrogen (secondary N) is 1. The van der Waals surface area contributed by atoms with Crippen molar-refractivity contribution in [2.75, 3.05) is 20.1 Å². The van der Waals surface area contributed by atoms with Gasteiger partial charge in [0.25, 0.3) is 0 Å².